The molecule has 0 radical (unpaired) electrons. The van der Waals surface area contributed by atoms with Crippen molar-refractivity contribution >= 4 is 0 Å². The topological polar surface area (TPSA) is 49.2 Å². The van der Waals surface area contributed by atoms with Crippen LogP contribution in [0.2, 0.25) is 0 Å². The van der Waals surface area contributed by atoms with Gasteiger partial charge in [-0.05, 0) is 45.0 Å². The van der Waals surface area contributed by atoms with Gasteiger partial charge in [0.2, 0.25) is 0 Å². The second-order valence-electron chi connectivity index (χ2n) is 5.88. The molecule has 0 amide bonds. The molecule has 0 saturated carbocycles. The molecule has 118 valence electrons. The van der Waals surface area contributed by atoms with E-state index >= 15 is 0 Å². The SMILES string of the molecule is CN1CC[C@@H](c2cc(=O)[nH]o2)C[C@H]1Cc1c(F)cccc1F. The molecule has 1 aliphatic rings. The Kier molecular flexibility index (Phi) is 4.11. The van der Waals surface area contributed by atoms with Crippen molar-refractivity contribution in [3.63, 3.8) is 0 Å². The van der Waals surface area contributed by atoms with Gasteiger partial charge in [0, 0.05) is 23.6 Å². The first-order chi connectivity index (χ1) is 10.5. The number of hydrogen-bond donors (Lipinski definition) is 1. The summed E-state index contributed by atoms with van der Waals surface area (Å²) >= 11 is 0. The maximum atomic E-state index is 13.8. The third-order valence-corrected chi connectivity index (χ3v) is 4.46. The van der Waals surface area contributed by atoms with Crippen LogP contribution in [0, 0.1) is 11.6 Å². The number of nitrogens with one attached hydrogen (secondary N) is 1. The molecule has 0 unspecified atom stereocenters. The molecular formula is C16H18F2N2O2. The highest BCUT2D eigenvalue weighted by molar-refractivity contribution is 5.21. The Morgan fingerprint density at radius 3 is 2.73 bits per heavy atom. The molecule has 2 aromatic rings. The van der Waals surface area contributed by atoms with Crippen LogP contribution in [0.4, 0.5) is 8.78 Å². The largest absolute Gasteiger partial charge is 0.383 e. The van der Waals surface area contributed by atoms with Crippen LogP contribution >= 0.6 is 0 Å². The summed E-state index contributed by atoms with van der Waals surface area (Å²) in [6.45, 7) is 0.792. The van der Waals surface area contributed by atoms with Gasteiger partial charge >= 0.3 is 0 Å². The number of piperidine rings is 1. The van der Waals surface area contributed by atoms with E-state index in [4.69, 9.17) is 4.52 Å². The molecule has 0 bridgehead atoms. The van der Waals surface area contributed by atoms with Gasteiger partial charge in [0.05, 0.1) is 0 Å². The van der Waals surface area contributed by atoms with Crippen LogP contribution in [-0.2, 0) is 6.42 Å². The van der Waals surface area contributed by atoms with Crippen LogP contribution in [0.15, 0.2) is 33.6 Å². The number of aromatic nitrogens is 1. The minimum atomic E-state index is -0.510. The fourth-order valence-corrected chi connectivity index (χ4v) is 3.13. The molecular weight excluding hydrogens is 290 g/mol. The van der Waals surface area contributed by atoms with Gasteiger partial charge in [-0.2, -0.15) is 5.16 Å². The maximum absolute atomic E-state index is 13.8. The first kappa shape index (κ1) is 15.0. The molecule has 2 heterocycles. The molecule has 1 fully saturated rings. The highest BCUT2D eigenvalue weighted by Crippen LogP contribution is 2.32. The average molecular weight is 308 g/mol. The molecule has 2 atom stereocenters. The standard InChI is InChI=1S/C16H18F2N2O2/c1-20-6-5-10(15-9-16(21)19-22-15)7-11(20)8-12-13(17)3-2-4-14(12)18/h2-4,9-11H,5-8H2,1H3,(H,19,21)/t10-,11+/m1/s1. The lowest BCUT2D eigenvalue weighted by molar-refractivity contribution is 0.154. The minimum absolute atomic E-state index is 0.00496. The molecule has 22 heavy (non-hydrogen) atoms. The minimum Gasteiger partial charge on any atom is -0.383 e. The van der Waals surface area contributed by atoms with Crippen LogP contribution in [0.5, 0.6) is 0 Å². The van der Waals surface area contributed by atoms with Crippen LogP contribution < -0.4 is 5.56 Å². The van der Waals surface area contributed by atoms with Gasteiger partial charge in [0.15, 0.2) is 0 Å². The number of rotatable bonds is 3. The number of halogens is 2. The number of nitrogens with zero attached hydrogens (tertiary/aromatic N) is 1. The van der Waals surface area contributed by atoms with Crippen molar-refractivity contribution in [1.82, 2.24) is 10.1 Å². The van der Waals surface area contributed by atoms with Gasteiger partial charge in [-0.3, -0.25) is 4.79 Å². The monoisotopic (exact) mass is 308 g/mol. The van der Waals surface area contributed by atoms with E-state index in [9.17, 15) is 13.6 Å². The van der Waals surface area contributed by atoms with Crippen molar-refractivity contribution in [3.05, 3.63) is 57.6 Å². The van der Waals surface area contributed by atoms with Crippen molar-refractivity contribution in [1.29, 1.82) is 0 Å². The lowest BCUT2D eigenvalue weighted by Crippen LogP contribution is -2.40. The van der Waals surface area contributed by atoms with E-state index in [0.717, 1.165) is 13.0 Å². The second-order valence-corrected chi connectivity index (χ2v) is 5.88. The summed E-state index contributed by atoms with van der Waals surface area (Å²) in [7, 11) is 1.95. The van der Waals surface area contributed by atoms with Crippen molar-refractivity contribution < 1.29 is 13.3 Å². The summed E-state index contributed by atoms with van der Waals surface area (Å²) in [5.41, 5.74) is -0.138. The lowest BCUT2D eigenvalue weighted by Gasteiger charge is -2.36. The molecule has 1 aromatic carbocycles. The molecule has 1 aliphatic heterocycles. The zero-order valence-electron chi connectivity index (χ0n) is 12.3. The molecule has 4 nitrogen and oxygen atoms in total. The Morgan fingerprint density at radius 2 is 2.09 bits per heavy atom. The van der Waals surface area contributed by atoms with E-state index in [0.29, 0.717) is 18.6 Å². The van der Waals surface area contributed by atoms with Gasteiger partial charge in [-0.25, -0.2) is 8.78 Å². The number of hydrogen-bond acceptors (Lipinski definition) is 3. The second kappa shape index (κ2) is 6.04. The molecule has 3 rings (SSSR count). The van der Waals surface area contributed by atoms with E-state index in [1.165, 1.54) is 24.3 Å². The average Bonchev–Trinajstić information content (AvgIpc) is 2.91. The van der Waals surface area contributed by atoms with Crippen molar-refractivity contribution in [2.24, 2.45) is 0 Å². The first-order valence-corrected chi connectivity index (χ1v) is 7.36. The number of likely N-dealkylation sites (tertiary alicyclic amines) is 1. The van der Waals surface area contributed by atoms with Crippen molar-refractivity contribution in [2.75, 3.05) is 13.6 Å². The first-order valence-electron chi connectivity index (χ1n) is 7.36. The molecule has 0 aliphatic carbocycles. The van der Waals surface area contributed by atoms with Gasteiger partial charge in [0.25, 0.3) is 5.56 Å². The highest BCUT2D eigenvalue weighted by Gasteiger charge is 2.30. The predicted molar refractivity (Wildman–Crippen MR) is 77.8 cm³/mol. The number of likely N-dealkylation sites (N-methyl/N-ethyl adjacent to an activating group) is 1. The van der Waals surface area contributed by atoms with Crippen LogP contribution in [0.1, 0.15) is 30.1 Å². The molecule has 1 aromatic heterocycles. The van der Waals surface area contributed by atoms with Gasteiger partial charge < -0.3 is 9.42 Å². The van der Waals surface area contributed by atoms with Crippen LogP contribution in [-0.4, -0.2) is 29.7 Å². The number of aromatic amines is 1. The molecule has 0 spiro atoms. The fraction of sp³-hybridized carbons (Fsp3) is 0.438. The van der Waals surface area contributed by atoms with E-state index in [1.54, 1.807) is 0 Å². The summed E-state index contributed by atoms with van der Waals surface area (Å²) in [5.74, 6) is -0.306. The quantitative estimate of drug-likeness (QED) is 0.948. The van der Waals surface area contributed by atoms with Crippen molar-refractivity contribution in [3.8, 4) is 0 Å². The van der Waals surface area contributed by atoms with E-state index in [-0.39, 0.29) is 23.1 Å². The Morgan fingerprint density at radius 1 is 1.36 bits per heavy atom. The zero-order valence-corrected chi connectivity index (χ0v) is 12.3. The van der Waals surface area contributed by atoms with Gasteiger partial charge in [0.1, 0.15) is 17.4 Å². The summed E-state index contributed by atoms with van der Waals surface area (Å²) in [6.07, 6.45) is 1.86. The lowest BCUT2D eigenvalue weighted by atomic mass is 9.86. The summed E-state index contributed by atoms with van der Waals surface area (Å²) < 4.78 is 32.8. The van der Waals surface area contributed by atoms with Gasteiger partial charge in [-0.1, -0.05) is 6.07 Å². The fourth-order valence-electron chi connectivity index (χ4n) is 3.13. The predicted octanol–water partition coefficient (Wildman–Crippen LogP) is 2.67. The Hall–Kier alpha value is -1.95. The summed E-state index contributed by atoms with van der Waals surface area (Å²) in [5, 5.41) is 2.30. The maximum Gasteiger partial charge on any atom is 0.280 e. The van der Waals surface area contributed by atoms with E-state index < -0.39 is 11.6 Å². The number of H-pyrrole nitrogens is 1. The summed E-state index contributed by atoms with van der Waals surface area (Å²) in [6, 6.07) is 5.39. The molecule has 1 N–H and O–H groups in total. The summed E-state index contributed by atoms with van der Waals surface area (Å²) in [4.78, 5) is 13.3. The van der Waals surface area contributed by atoms with Crippen molar-refractivity contribution in [2.45, 2.75) is 31.2 Å². The zero-order chi connectivity index (χ0) is 15.7. The van der Waals surface area contributed by atoms with Gasteiger partial charge in [-0.15, -0.1) is 0 Å². The Balaban J connectivity index is 1.78. The Bertz CT molecular complexity index is 690. The third kappa shape index (κ3) is 2.97. The highest BCUT2D eigenvalue weighted by atomic mass is 19.1. The molecule has 6 heteroatoms. The molecule has 1 saturated heterocycles. The normalized spacial score (nSPS) is 22.9. The van der Waals surface area contributed by atoms with E-state index in [2.05, 4.69) is 10.1 Å². The van der Waals surface area contributed by atoms with Crippen LogP contribution in [0.25, 0.3) is 0 Å². The Labute approximate surface area is 126 Å². The smallest absolute Gasteiger partial charge is 0.280 e. The van der Waals surface area contributed by atoms with E-state index in [1.807, 2.05) is 7.05 Å². The van der Waals surface area contributed by atoms with Crippen LogP contribution in [0.3, 0.4) is 0 Å². The number of benzene rings is 1. The third-order valence-electron chi connectivity index (χ3n) is 4.46.